The molecule has 20 heavy (non-hydrogen) atoms. The van der Waals surface area contributed by atoms with E-state index in [1.165, 1.54) is 29.3 Å². The summed E-state index contributed by atoms with van der Waals surface area (Å²) in [6.07, 6.45) is 3.78. The fourth-order valence-electron chi connectivity index (χ4n) is 3.94. The van der Waals surface area contributed by atoms with Crippen LogP contribution < -0.4 is 0 Å². The molecule has 5 heteroatoms. The van der Waals surface area contributed by atoms with Crippen molar-refractivity contribution in [2.24, 2.45) is 16.4 Å². The summed E-state index contributed by atoms with van der Waals surface area (Å²) in [5, 5.41) is 3.89. The van der Waals surface area contributed by atoms with Crippen LogP contribution in [-0.4, -0.2) is 24.5 Å². The van der Waals surface area contributed by atoms with Crippen molar-refractivity contribution in [1.82, 2.24) is 4.90 Å². The predicted molar refractivity (Wildman–Crippen MR) is 83.2 cm³/mol. The molecule has 106 valence electrons. The van der Waals surface area contributed by atoms with Crippen molar-refractivity contribution in [2.75, 3.05) is 19.6 Å². The second kappa shape index (κ2) is 5.76. The van der Waals surface area contributed by atoms with Crippen molar-refractivity contribution < 1.29 is 0 Å². The molecule has 1 aliphatic heterocycles. The minimum absolute atomic E-state index is 0.244. The Morgan fingerprint density at radius 2 is 2.30 bits per heavy atom. The monoisotopic (exact) mass is 334 g/mol. The lowest BCUT2D eigenvalue weighted by Crippen LogP contribution is -2.30. The van der Waals surface area contributed by atoms with Gasteiger partial charge in [0.05, 0.1) is 0 Å². The van der Waals surface area contributed by atoms with Gasteiger partial charge in [-0.2, -0.15) is 0 Å². The summed E-state index contributed by atoms with van der Waals surface area (Å²) in [5.74, 6) is 0.704. The van der Waals surface area contributed by atoms with Crippen molar-refractivity contribution in [3.63, 3.8) is 0 Å². The van der Waals surface area contributed by atoms with Crippen molar-refractivity contribution in [3.05, 3.63) is 44.7 Å². The van der Waals surface area contributed by atoms with Gasteiger partial charge in [-0.15, -0.1) is 0 Å². The molecule has 4 nitrogen and oxygen atoms in total. The minimum atomic E-state index is 0.244. The Labute approximate surface area is 127 Å². The van der Waals surface area contributed by atoms with Crippen LogP contribution in [0.15, 0.2) is 33.9 Å². The molecule has 1 heterocycles. The summed E-state index contributed by atoms with van der Waals surface area (Å²) in [7, 11) is 0. The fraction of sp³-hybridized carbons (Fsp3) is 0.600. The summed E-state index contributed by atoms with van der Waals surface area (Å²) in [6, 6.07) is 8.42. The van der Waals surface area contributed by atoms with Gasteiger partial charge in [0.15, 0.2) is 0 Å². The van der Waals surface area contributed by atoms with Crippen molar-refractivity contribution >= 4 is 15.9 Å². The standard InChI is InChI=1S/C15H19BrN4/c16-14-6-2-1-4-12(14)8-20-9-13-5-3-7-15(13,11-20)10-18-19-17/h1-2,4,6,13H,3,5,7-11H2. The lowest BCUT2D eigenvalue weighted by Gasteiger charge is -2.27. The Morgan fingerprint density at radius 3 is 3.10 bits per heavy atom. The molecule has 1 aromatic rings. The van der Waals surface area contributed by atoms with Crippen LogP contribution in [0.25, 0.3) is 10.4 Å². The lowest BCUT2D eigenvalue weighted by atomic mass is 9.81. The molecule has 0 amide bonds. The first kappa shape index (κ1) is 13.9. The molecule has 1 aromatic carbocycles. The Bertz CT molecular complexity index is 540. The fourth-order valence-corrected chi connectivity index (χ4v) is 4.35. The molecule has 1 saturated heterocycles. The van der Waals surface area contributed by atoms with E-state index in [-0.39, 0.29) is 5.41 Å². The highest BCUT2D eigenvalue weighted by Gasteiger charge is 2.48. The molecule has 3 rings (SSSR count). The smallest absolute Gasteiger partial charge is 0.0329 e. The molecule has 2 fully saturated rings. The van der Waals surface area contributed by atoms with Crippen molar-refractivity contribution in [3.8, 4) is 0 Å². The van der Waals surface area contributed by atoms with E-state index in [0.717, 1.165) is 19.6 Å². The van der Waals surface area contributed by atoms with E-state index in [2.05, 4.69) is 55.1 Å². The van der Waals surface area contributed by atoms with Crippen LogP contribution >= 0.6 is 15.9 Å². The number of fused-ring (bicyclic) bond motifs is 1. The second-order valence-electron chi connectivity index (χ2n) is 6.10. The molecule has 2 aliphatic rings. The SMILES string of the molecule is [N-]=[N+]=NCC12CCCC1CN(Cc1ccccc1Br)C2. The molecule has 0 N–H and O–H groups in total. The highest BCUT2D eigenvalue weighted by atomic mass is 79.9. The Balaban J connectivity index is 1.72. The van der Waals surface area contributed by atoms with E-state index < -0.39 is 0 Å². The number of rotatable bonds is 4. The number of nitrogens with zero attached hydrogens (tertiary/aromatic N) is 4. The van der Waals surface area contributed by atoms with Gasteiger partial charge in [-0.25, -0.2) is 0 Å². The van der Waals surface area contributed by atoms with Gasteiger partial charge in [0.1, 0.15) is 0 Å². The normalized spacial score (nSPS) is 29.1. The third-order valence-electron chi connectivity index (χ3n) is 4.91. The number of halogens is 1. The third kappa shape index (κ3) is 2.58. The summed E-state index contributed by atoms with van der Waals surface area (Å²) >= 11 is 3.63. The molecular weight excluding hydrogens is 316 g/mol. The molecule has 0 spiro atoms. The highest BCUT2D eigenvalue weighted by molar-refractivity contribution is 9.10. The molecule has 1 saturated carbocycles. The van der Waals surface area contributed by atoms with Crippen LogP contribution in [0, 0.1) is 11.3 Å². The van der Waals surface area contributed by atoms with Gasteiger partial charge in [0, 0.05) is 35.6 Å². The highest BCUT2D eigenvalue weighted by Crippen LogP contribution is 2.49. The van der Waals surface area contributed by atoms with E-state index in [0.29, 0.717) is 12.5 Å². The Hall–Kier alpha value is -1.03. The first-order valence-corrected chi connectivity index (χ1v) is 7.99. The van der Waals surface area contributed by atoms with E-state index in [1.54, 1.807) is 0 Å². The number of benzene rings is 1. The molecular formula is C15H19BrN4. The quantitative estimate of drug-likeness (QED) is 0.458. The molecule has 2 unspecified atom stereocenters. The summed E-state index contributed by atoms with van der Waals surface area (Å²) in [6.45, 7) is 3.86. The molecule has 0 radical (unpaired) electrons. The Kier molecular flexibility index (Phi) is 4.01. The van der Waals surface area contributed by atoms with Gasteiger partial charge in [0.25, 0.3) is 0 Å². The van der Waals surface area contributed by atoms with Gasteiger partial charge in [-0.3, -0.25) is 4.90 Å². The van der Waals surface area contributed by atoms with Crippen LogP contribution in [-0.2, 0) is 6.54 Å². The van der Waals surface area contributed by atoms with E-state index in [1.807, 2.05) is 0 Å². The maximum Gasteiger partial charge on any atom is 0.0329 e. The third-order valence-corrected chi connectivity index (χ3v) is 5.68. The second-order valence-corrected chi connectivity index (χ2v) is 6.96. The van der Waals surface area contributed by atoms with E-state index >= 15 is 0 Å². The minimum Gasteiger partial charge on any atom is -0.298 e. The van der Waals surface area contributed by atoms with Crippen LogP contribution in [0.5, 0.6) is 0 Å². The van der Waals surface area contributed by atoms with Crippen LogP contribution in [0.2, 0.25) is 0 Å². The van der Waals surface area contributed by atoms with Crippen LogP contribution in [0.4, 0.5) is 0 Å². The maximum absolute atomic E-state index is 8.62. The number of azide groups is 1. The van der Waals surface area contributed by atoms with Crippen molar-refractivity contribution in [1.29, 1.82) is 0 Å². The summed E-state index contributed by atoms with van der Waals surface area (Å²) < 4.78 is 1.18. The summed E-state index contributed by atoms with van der Waals surface area (Å²) in [5.41, 5.74) is 10.2. The molecule has 1 aliphatic carbocycles. The van der Waals surface area contributed by atoms with E-state index in [9.17, 15) is 0 Å². The first-order valence-electron chi connectivity index (χ1n) is 7.20. The van der Waals surface area contributed by atoms with E-state index in [4.69, 9.17) is 5.53 Å². The predicted octanol–water partition coefficient (Wildman–Crippen LogP) is 4.36. The lowest BCUT2D eigenvalue weighted by molar-refractivity contribution is 0.245. The maximum atomic E-state index is 8.62. The Morgan fingerprint density at radius 1 is 1.45 bits per heavy atom. The number of hydrogen-bond acceptors (Lipinski definition) is 2. The van der Waals surface area contributed by atoms with Gasteiger partial charge < -0.3 is 0 Å². The van der Waals surface area contributed by atoms with Crippen molar-refractivity contribution in [2.45, 2.75) is 25.8 Å². The average Bonchev–Trinajstić information content (AvgIpc) is 2.96. The zero-order valence-corrected chi connectivity index (χ0v) is 13.1. The first-order chi connectivity index (χ1) is 9.73. The zero-order valence-electron chi connectivity index (χ0n) is 11.5. The van der Waals surface area contributed by atoms with Gasteiger partial charge in [-0.1, -0.05) is 45.7 Å². The zero-order chi connectivity index (χ0) is 14.0. The largest absolute Gasteiger partial charge is 0.298 e. The topological polar surface area (TPSA) is 52.0 Å². The van der Waals surface area contributed by atoms with Crippen LogP contribution in [0.1, 0.15) is 24.8 Å². The molecule has 2 atom stereocenters. The average molecular weight is 335 g/mol. The molecule has 0 bridgehead atoms. The molecule has 0 aromatic heterocycles. The van der Waals surface area contributed by atoms with Gasteiger partial charge in [-0.05, 0) is 41.3 Å². The summed E-state index contributed by atoms with van der Waals surface area (Å²) in [4.78, 5) is 5.50. The number of hydrogen-bond donors (Lipinski definition) is 0. The number of likely N-dealkylation sites (tertiary alicyclic amines) is 1. The van der Waals surface area contributed by atoms with Gasteiger partial charge in [0.2, 0.25) is 0 Å². The van der Waals surface area contributed by atoms with Gasteiger partial charge >= 0.3 is 0 Å². The van der Waals surface area contributed by atoms with Crippen LogP contribution in [0.3, 0.4) is 0 Å².